The molecule has 0 fully saturated rings. The fourth-order valence-corrected chi connectivity index (χ4v) is 2.46. The first-order valence-electron chi connectivity index (χ1n) is 4.16. The van der Waals surface area contributed by atoms with E-state index in [1.54, 1.807) is 17.4 Å². The molecule has 0 atom stereocenters. The van der Waals surface area contributed by atoms with Gasteiger partial charge in [0, 0.05) is 21.5 Å². The Hall–Kier alpha value is -1.06. The van der Waals surface area contributed by atoms with Crippen molar-refractivity contribution in [3.63, 3.8) is 0 Å². The lowest BCUT2D eigenvalue weighted by atomic mass is 10.2. The summed E-state index contributed by atoms with van der Waals surface area (Å²) in [6, 6.07) is 7.65. The van der Waals surface area contributed by atoms with Crippen LogP contribution < -0.4 is 5.32 Å². The van der Waals surface area contributed by atoms with Gasteiger partial charge in [0.15, 0.2) is 0 Å². The van der Waals surface area contributed by atoms with Gasteiger partial charge in [-0.15, -0.1) is 11.3 Å². The summed E-state index contributed by atoms with van der Waals surface area (Å²) in [7, 11) is 1.92. The predicted octanol–water partition coefficient (Wildman–Crippen LogP) is 2.33. The fourth-order valence-electron chi connectivity index (χ4n) is 1.36. The number of nitrogens with one attached hydrogen (secondary N) is 1. The average molecular weight is 193 g/mol. The van der Waals surface area contributed by atoms with Crippen molar-refractivity contribution in [1.82, 2.24) is 5.32 Å². The lowest BCUT2D eigenvalue weighted by Crippen LogP contribution is -2.02. The van der Waals surface area contributed by atoms with Gasteiger partial charge in [0.05, 0.1) is 0 Å². The minimum Gasteiger partial charge on any atom is -0.507 e. The van der Waals surface area contributed by atoms with Gasteiger partial charge in [0.25, 0.3) is 0 Å². The molecule has 13 heavy (non-hydrogen) atoms. The van der Waals surface area contributed by atoms with E-state index < -0.39 is 0 Å². The number of fused-ring (bicyclic) bond motifs is 1. The summed E-state index contributed by atoms with van der Waals surface area (Å²) in [5.41, 5.74) is 0. The zero-order valence-electron chi connectivity index (χ0n) is 7.37. The van der Waals surface area contributed by atoms with Gasteiger partial charge in [0.1, 0.15) is 5.75 Å². The molecule has 0 aliphatic heterocycles. The molecule has 2 nitrogen and oxygen atoms in total. The maximum atomic E-state index is 9.54. The first-order chi connectivity index (χ1) is 6.31. The summed E-state index contributed by atoms with van der Waals surface area (Å²) in [5.74, 6) is 0.371. The normalized spacial score (nSPS) is 10.8. The molecule has 0 bridgehead atoms. The smallest absolute Gasteiger partial charge is 0.124 e. The van der Waals surface area contributed by atoms with E-state index in [-0.39, 0.29) is 0 Å². The Morgan fingerprint density at radius 3 is 3.00 bits per heavy atom. The van der Waals surface area contributed by atoms with Gasteiger partial charge in [-0.1, -0.05) is 6.07 Å². The van der Waals surface area contributed by atoms with Crippen LogP contribution in [0.25, 0.3) is 10.1 Å². The summed E-state index contributed by atoms with van der Waals surface area (Å²) in [4.78, 5) is 1.25. The number of hydrogen-bond donors (Lipinski definition) is 2. The SMILES string of the molecule is CNCc1cc2c(O)cccc2s1. The fraction of sp³-hybridized carbons (Fsp3) is 0.200. The summed E-state index contributed by atoms with van der Waals surface area (Å²) in [6.07, 6.45) is 0. The van der Waals surface area contributed by atoms with Crippen LogP contribution in [0, 0.1) is 0 Å². The second-order valence-corrected chi connectivity index (χ2v) is 4.10. The lowest BCUT2D eigenvalue weighted by molar-refractivity contribution is 0.482. The van der Waals surface area contributed by atoms with E-state index in [4.69, 9.17) is 0 Å². The molecule has 1 aromatic heterocycles. The highest BCUT2D eigenvalue weighted by atomic mass is 32.1. The second-order valence-electron chi connectivity index (χ2n) is 2.93. The van der Waals surface area contributed by atoms with Gasteiger partial charge < -0.3 is 10.4 Å². The van der Waals surface area contributed by atoms with Crippen molar-refractivity contribution in [1.29, 1.82) is 0 Å². The van der Waals surface area contributed by atoms with E-state index in [0.29, 0.717) is 5.75 Å². The first kappa shape index (κ1) is 8.53. The molecule has 0 amide bonds. The minimum absolute atomic E-state index is 0.371. The van der Waals surface area contributed by atoms with Gasteiger partial charge in [0.2, 0.25) is 0 Å². The number of rotatable bonds is 2. The van der Waals surface area contributed by atoms with Crippen LogP contribution in [0.4, 0.5) is 0 Å². The van der Waals surface area contributed by atoms with Crippen molar-refractivity contribution in [2.75, 3.05) is 7.05 Å². The third-order valence-electron chi connectivity index (χ3n) is 1.94. The van der Waals surface area contributed by atoms with Crippen LogP contribution in [0.1, 0.15) is 4.88 Å². The van der Waals surface area contributed by atoms with Gasteiger partial charge >= 0.3 is 0 Å². The molecule has 0 spiro atoms. The maximum Gasteiger partial charge on any atom is 0.124 e. The molecule has 2 rings (SSSR count). The van der Waals surface area contributed by atoms with Crippen molar-refractivity contribution >= 4 is 21.4 Å². The Kier molecular flexibility index (Phi) is 2.20. The second kappa shape index (κ2) is 3.36. The number of phenols is 1. The molecular weight excluding hydrogens is 182 g/mol. The van der Waals surface area contributed by atoms with Crippen LogP contribution in [0.15, 0.2) is 24.3 Å². The Morgan fingerprint density at radius 2 is 2.31 bits per heavy atom. The topological polar surface area (TPSA) is 32.3 Å². The molecule has 0 aliphatic rings. The molecule has 0 saturated heterocycles. The summed E-state index contributed by atoms with van der Waals surface area (Å²) < 4.78 is 1.14. The molecule has 0 saturated carbocycles. The standard InChI is InChI=1S/C10H11NOS/c1-11-6-7-5-8-9(12)3-2-4-10(8)13-7/h2-5,11-12H,6H2,1H3. The van der Waals surface area contributed by atoms with Crippen molar-refractivity contribution in [2.24, 2.45) is 0 Å². The molecule has 0 aliphatic carbocycles. The van der Waals surface area contributed by atoms with E-state index in [1.165, 1.54) is 4.88 Å². The molecule has 1 heterocycles. The van der Waals surface area contributed by atoms with Crippen LogP contribution in [-0.2, 0) is 6.54 Å². The van der Waals surface area contributed by atoms with Crippen molar-refractivity contribution in [3.05, 3.63) is 29.1 Å². The quantitative estimate of drug-likeness (QED) is 0.767. The van der Waals surface area contributed by atoms with Gasteiger partial charge in [-0.05, 0) is 25.2 Å². The summed E-state index contributed by atoms with van der Waals surface area (Å²) in [5, 5.41) is 13.6. The van der Waals surface area contributed by atoms with E-state index in [1.807, 2.05) is 25.2 Å². The van der Waals surface area contributed by atoms with Crippen LogP contribution >= 0.6 is 11.3 Å². The van der Waals surface area contributed by atoms with Gasteiger partial charge in [-0.2, -0.15) is 0 Å². The third kappa shape index (κ3) is 1.53. The van der Waals surface area contributed by atoms with Crippen molar-refractivity contribution in [2.45, 2.75) is 6.54 Å². The van der Waals surface area contributed by atoms with Crippen LogP contribution in [0.5, 0.6) is 5.75 Å². The van der Waals surface area contributed by atoms with E-state index in [9.17, 15) is 5.11 Å². The van der Waals surface area contributed by atoms with Crippen LogP contribution in [0.2, 0.25) is 0 Å². The largest absolute Gasteiger partial charge is 0.507 e. The Labute approximate surface area is 80.8 Å². The minimum atomic E-state index is 0.371. The van der Waals surface area contributed by atoms with E-state index in [0.717, 1.165) is 16.6 Å². The highest BCUT2D eigenvalue weighted by Crippen LogP contribution is 2.31. The third-order valence-corrected chi connectivity index (χ3v) is 3.04. The zero-order chi connectivity index (χ0) is 9.26. The number of aromatic hydroxyl groups is 1. The zero-order valence-corrected chi connectivity index (χ0v) is 8.19. The molecular formula is C10H11NOS. The Morgan fingerprint density at radius 1 is 1.46 bits per heavy atom. The van der Waals surface area contributed by atoms with Gasteiger partial charge in [-0.25, -0.2) is 0 Å². The van der Waals surface area contributed by atoms with E-state index in [2.05, 4.69) is 5.32 Å². The summed E-state index contributed by atoms with van der Waals surface area (Å²) in [6.45, 7) is 0.860. The maximum absolute atomic E-state index is 9.54. The monoisotopic (exact) mass is 193 g/mol. The number of phenolic OH excluding ortho intramolecular Hbond substituents is 1. The molecule has 2 aromatic rings. The molecule has 3 heteroatoms. The number of thiophene rings is 1. The Balaban J connectivity index is 2.55. The predicted molar refractivity (Wildman–Crippen MR) is 56.3 cm³/mol. The number of benzene rings is 1. The number of hydrogen-bond acceptors (Lipinski definition) is 3. The highest BCUT2D eigenvalue weighted by Gasteiger charge is 2.03. The Bertz CT molecular complexity index is 422. The highest BCUT2D eigenvalue weighted by molar-refractivity contribution is 7.19. The molecule has 1 aromatic carbocycles. The van der Waals surface area contributed by atoms with Gasteiger partial charge in [-0.3, -0.25) is 0 Å². The van der Waals surface area contributed by atoms with E-state index >= 15 is 0 Å². The first-order valence-corrected chi connectivity index (χ1v) is 4.98. The molecule has 2 N–H and O–H groups in total. The lowest BCUT2D eigenvalue weighted by Gasteiger charge is -1.91. The van der Waals surface area contributed by atoms with Crippen molar-refractivity contribution in [3.8, 4) is 5.75 Å². The summed E-state index contributed by atoms with van der Waals surface area (Å²) >= 11 is 1.71. The van der Waals surface area contributed by atoms with Crippen LogP contribution in [0.3, 0.4) is 0 Å². The van der Waals surface area contributed by atoms with Crippen LogP contribution in [-0.4, -0.2) is 12.2 Å². The van der Waals surface area contributed by atoms with Crippen molar-refractivity contribution < 1.29 is 5.11 Å². The molecule has 68 valence electrons. The molecule has 0 radical (unpaired) electrons. The average Bonchev–Trinajstić information content (AvgIpc) is 2.49. The molecule has 0 unspecified atom stereocenters.